The van der Waals surface area contributed by atoms with Crippen LogP contribution >= 0.6 is 0 Å². The molecule has 3 atom stereocenters. The summed E-state index contributed by atoms with van der Waals surface area (Å²) >= 11 is 0. The standard InChI is InChI=1S/C41H40N14O6/c1-23(54-21-42-33-31(54)37(58)52(6)39(60)50(33)4)36(57)45-30-17-18-41(3,49-48-30)27-14-10-11-25(19-27)20-53-38(59)32-34(51(5)40(53)61)43-22-55(32)24(2)35(56)44-29-16-15-28(46-47-29)26-12-8-7-9-13-26/h7-19,21-24,49H,20H2,1-6H3,(H,44,47,56)(H,45,48,57)/t23-,24+,41?/m1/s1. The summed E-state index contributed by atoms with van der Waals surface area (Å²) in [6.45, 7) is 4.99. The van der Waals surface area contributed by atoms with Crippen LogP contribution < -0.4 is 38.6 Å². The van der Waals surface area contributed by atoms with Crippen molar-refractivity contribution in [3.05, 3.63) is 144 Å². The van der Waals surface area contributed by atoms with Crippen LogP contribution in [0.25, 0.3) is 33.6 Å². The van der Waals surface area contributed by atoms with Crippen LogP contribution in [0.15, 0.2) is 116 Å². The normalized spacial score (nSPS) is 15.9. The summed E-state index contributed by atoms with van der Waals surface area (Å²) in [7, 11) is 4.37. The van der Waals surface area contributed by atoms with Crippen LogP contribution in [-0.2, 0) is 42.8 Å². The fraction of sp³-hybridized carbons (Fsp3) is 0.244. The van der Waals surface area contributed by atoms with Gasteiger partial charge in [0.25, 0.3) is 11.1 Å². The number of nitrogens with one attached hydrogen (secondary N) is 3. The molecule has 1 aliphatic heterocycles. The largest absolute Gasteiger partial charge is 0.332 e. The van der Waals surface area contributed by atoms with E-state index in [4.69, 9.17) is 0 Å². The quantitative estimate of drug-likeness (QED) is 0.188. The summed E-state index contributed by atoms with van der Waals surface area (Å²) in [6.07, 6.45) is 6.15. The lowest BCUT2D eigenvalue weighted by molar-refractivity contribution is -0.122. The first kappa shape index (κ1) is 39.8. The molecule has 0 spiro atoms. The molecule has 0 bridgehead atoms. The van der Waals surface area contributed by atoms with Gasteiger partial charge >= 0.3 is 11.4 Å². The number of fused-ring (bicyclic) bond motifs is 2. The van der Waals surface area contributed by atoms with Crippen molar-refractivity contribution in [2.24, 2.45) is 26.2 Å². The molecule has 3 N–H and O–H groups in total. The van der Waals surface area contributed by atoms with Gasteiger partial charge in [-0.15, -0.1) is 10.2 Å². The topological polar surface area (TPSA) is 232 Å². The highest BCUT2D eigenvalue weighted by Gasteiger charge is 2.29. The van der Waals surface area contributed by atoms with Gasteiger partial charge in [0.1, 0.15) is 12.1 Å². The Morgan fingerprint density at radius 2 is 1.38 bits per heavy atom. The number of benzene rings is 2. The monoisotopic (exact) mass is 824 g/mol. The number of anilines is 1. The molecule has 0 saturated heterocycles. The highest BCUT2D eigenvalue weighted by molar-refractivity contribution is 6.05. The zero-order valence-electron chi connectivity index (χ0n) is 33.9. The molecule has 0 saturated carbocycles. The molecule has 0 radical (unpaired) electrons. The van der Waals surface area contributed by atoms with Gasteiger partial charge < -0.3 is 19.8 Å². The van der Waals surface area contributed by atoms with Crippen LogP contribution in [0.4, 0.5) is 5.82 Å². The summed E-state index contributed by atoms with van der Waals surface area (Å²) in [5.41, 5.74) is 3.28. The Balaban J connectivity index is 0.980. The molecule has 1 aliphatic rings. The fourth-order valence-electron chi connectivity index (χ4n) is 7.16. The number of hydrogen-bond donors (Lipinski definition) is 3. The number of carbonyl (C=O) groups is 2. The lowest BCUT2D eigenvalue weighted by Gasteiger charge is -2.30. The second kappa shape index (κ2) is 15.3. The van der Waals surface area contributed by atoms with E-state index in [0.29, 0.717) is 11.3 Å². The van der Waals surface area contributed by atoms with Crippen molar-refractivity contribution in [1.82, 2.24) is 58.3 Å². The predicted molar refractivity (Wildman–Crippen MR) is 226 cm³/mol. The Bertz CT molecular complexity index is 3210. The van der Waals surface area contributed by atoms with Gasteiger partial charge in [0, 0.05) is 26.7 Å². The third-order valence-electron chi connectivity index (χ3n) is 10.9. The molecule has 8 rings (SSSR count). The van der Waals surface area contributed by atoms with Crippen molar-refractivity contribution in [2.75, 3.05) is 5.32 Å². The minimum absolute atomic E-state index is 0.0720. The molecular formula is C41H40N14O6. The number of hydrogen-bond acceptors (Lipinski definition) is 12. The van der Waals surface area contributed by atoms with Gasteiger partial charge in [-0.05, 0) is 56.2 Å². The minimum atomic E-state index is -0.915. The molecule has 310 valence electrons. The molecule has 61 heavy (non-hydrogen) atoms. The first-order chi connectivity index (χ1) is 29.2. The van der Waals surface area contributed by atoms with Gasteiger partial charge in [-0.3, -0.25) is 42.9 Å². The number of aromatic nitrogens is 10. The summed E-state index contributed by atoms with van der Waals surface area (Å²) < 4.78 is 7.40. The SMILES string of the molecule is C[C@H](C(=O)NC1=NNC(C)(c2cccc(Cn3c(=O)c4c(ncn4[C@@H](C)C(=O)Nc4ccc(-c5ccccc5)nn4)n(C)c3=O)c2)C=C1)n1cnc2c1c(=O)n(C)c(=O)n2C. The maximum atomic E-state index is 14.1. The van der Waals surface area contributed by atoms with Crippen molar-refractivity contribution in [1.29, 1.82) is 0 Å². The van der Waals surface area contributed by atoms with Gasteiger partial charge in [0.2, 0.25) is 11.8 Å². The predicted octanol–water partition coefficient (Wildman–Crippen LogP) is 1.41. The number of aryl methyl sites for hydroxylation is 2. The molecule has 7 aromatic rings. The van der Waals surface area contributed by atoms with Crippen LogP contribution in [0.5, 0.6) is 0 Å². The lowest BCUT2D eigenvalue weighted by Crippen LogP contribution is -2.43. The lowest BCUT2D eigenvalue weighted by atomic mass is 9.90. The summed E-state index contributed by atoms with van der Waals surface area (Å²) in [5.74, 6) is -0.503. The van der Waals surface area contributed by atoms with Crippen molar-refractivity contribution >= 4 is 45.8 Å². The van der Waals surface area contributed by atoms with E-state index in [1.165, 1.54) is 52.1 Å². The van der Waals surface area contributed by atoms with Crippen molar-refractivity contribution in [3.8, 4) is 11.3 Å². The van der Waals surface area contributed by atoms with E-state index < -0.39 is 51.9 Å². The Kier molecular flexibility index (Phi) is 9.97. The van der Waals surface area contributed by atoms with E-state index >= 15 is 0 Å². The van der Waals surface area contributed by atoms with Gasteiger partial charge in [-0.25, -0.2) is 19.6 Å². The van der Waals surface area contributed by atoms with E-state index in [-0.39, 0.29) is 40.5 Å². The minimum Gasteiger partial charge on any atom is -0.312 e. The van der Waals surface area contributed by atoms with Crippen LogP contribution in [0, 0.1) is 0 Å². The van der Waals surface area contributed by atoms with Crippen molar-refractivity contribution in [2.45, 2.75) is 44.9 Å². The summed E-state index contributed by atoms with van der Waals surface area (Å²) in [5, 5.41) is 18.3. The highest BCUT2D eigenvalue weighted by Crippen LogP contribution is 2.26. The third-order valence-corrected chi connectivity index (χ3v) is 10.9. The van der Waals surface area contributed by atoms with Gasteiger partial charge in [0.05, 0.1) is 30.4 Å². The van der Waals surface area contributed by atoms with Gasteiger partial charge in [0.15, 0.2) is 34.0 Å². The van der Waals surface area contributed by atoms with Crippen molar-refractivity contribution < 1.29 is 9.59 Å². The first-order valence-electron chi connectivity index (χ1n) is 19.1. The maximum Gasteiger partial charge on any atom is 0.332 e. The number of imidazole rings is 2. The van der Waals surface area contributed by atoms with Crippen LogP contribution in [-0.4, -0.2) is 65.2 Å². The average Bonchev–Trinajstić information content (AvgIpc) is 3.93. The summed E-state index contributed by atoms with van der Waals surface area (Å²) in [6, 6.07) is 18.4. The molecule has 0 fully saturated rings. The molecule has 2 aromatic carbocycles. The van der Waals surface area contributed by atoms with E-state index in [9.17, 15) is 28.8 Å². The van der Waals surface area contributed by atoms with E-state index in [0.717, 1.165) is 20.3 Å². The summed E-state index contributed by atoms with van der Waals surface area (Å²) in [4.78, 5) is 88.3. The number of rotatable bonds is 9. The highest BCUT2D eigenvalue weighted by atomic mass is 16.2. The number of hydrazone groups is 1. The molecule has 5 aromatic heterocycles. The second-order valence-corrected chi connectivity index (χ2v) is 14.9. The first-order valence-corrected chi connectivity index (χ1v) is 19.1. The Morgan fingerprint density at radius 3 is 2.00 bits per heavy atom. The Morgan fingerprint density at radius 1 is 0.738 bits per heavy atom. The Labute approximate surface area is 345 Å². The van der Waals surface area contributed by atoms with E-state index in [2.05, 4.69) is 41.3 Å². The number of carbonyl (C=O) groups excluding carboxylic acids is 2. The molecule has 20 heteroatoms. The average molecular weight is 825 g/mol. The third kappa shape index (κ3) is 7.02. The van der Waals surface area contributed by atoms with Crippen LogP contribution in [0.1, 0.15) is 44.0 Å². The Hall–Kier alpha value is -8.03. The van der Waals surface area contributed by atoms with E-state index in [1.54, 1.807) is 44.2 Å². The molecule has 2 amide bonds. The zero-order valence-corrected chi connectivity index (χ0v) is 33.9. The van der Waals surface area contributed by atoms with Crippen molar-refractivity contribution in [3.63, 3.8) is 0 Å². The molecule has 20 nitrogen and oxygen atoms in total. The number of amidine groups is 1. The van der Waals surface area contributed by atoms with Gasteiger partial charge in [-0.2, -0.15) is 5.10 Å². The van der Waals surface area contributed by atoms with Gasteiger partial charge in [-0.1, -0.05) is 54.6 Å². The molecule has 0 aliphatic carbocycles. The molecule has 1 unspecified atom stereocenters. The zero-order chi connectivity index (χ0) is 43.3. The fourth-order valence-corrected chi connectivity index (χ4v) is 7.16. The number of amides is 2. The molecule has 6 heterocycles. The second-order valence-electron chi connectivity index (χ2n) is 14.9. The number of nitrogens with zero attached hydrogens (tertiary/aromatic N) is 11. The molecular weight excluding hydrogens is 785 g/mol. The van der Waals surface area contributed by atoms with Crippen LogP contribution in [0.3, 0.4) is 0 Å². The van der Waals surface area contributed by atoms with Crippen LogP contribution in [0.2, 0.25) is 0 Å². The smallest absolute Gasteiger partial charge is 0.312 e. The maximum absolute atomic E-state index is 14.1. The van der Waals surface area contributed by atoms with E-state index in [1.807, 2.05) is 55.5 Å².